The van der Waals surface area contributed by atoms with Crippen LogP contribution in [-0.4, -0.2) is 16.4 Å². The molecule has 2 heterocycles. The predicted molar refractivity (Wildman–Crippen MR) is 79.2 cm³/mol. The van der Waals surface area contributed by atoms with E-state index in [9.17, 15) is 0 Å². The van der Waals surface area contributed by atoms with Crippen LogP contribution in [-0.2, 0) is 0 Å². The highest BCUT2D eigenvalue weighted by Crippen LogP contribution is 2.30. The van der Waals surface area contributed by atoms with Gasteiger partial charge in [0.15, 0.2) is 0 Å². The third kappa shape index (κ3) is 2.36. The molecule has 0 saturated carbocycles. The molecule has 0 aliphatic heterocycles. The molecule has 96 valence electrons. The van der Waals surface area contributed by atoms with Crippen LogP contribution in [0.25, 0.3) is 22.8 Å². The summed E-state index contributed by atoms with van der Waals surface area (Å²) < 4.78 is 5.26. The second-order valence-corrected chi connectivity index (χ2v) is 5.68. The molecule has 2 aromatic heterocycles. The first-order chi connectivity index (χ1) is 9.28. The average Bonchev–Trinajstić information content (AvgIpc) is 3.07. The van der Waals surface area contributed by atoms with Crippen molar-refractivity contribution in [2.75, 3.05) is 12.0 Å². The molecule has 0 aliphatic carbocycles. The number of hydrogen-bond acceptors (Lipinski definition) is 6. The van der Waals surface area contributed by atoms with Crippen molar-refractivity contribution in [3.63, 3.8) is 0 Å². The molecule has 0 bridgehead atoms. The lowest BCUT2D eigenvalue weighted by atomic mass is 10.2. The molecule has 2 N–H and O–H groups in total. The topological polar surface area (TPSA) is 64.9 Å². The molecule has 0 amide bonds. The summed E-state index contributed by atoms with van der Waals surface area (Å²) in [6, 6.07) is 9.92. The first-order valence-electron chi connectivity index (χ1n) is 5.59. The zero-order chi connectivity index (χ0) is 13.2. The normalized spacial score (nSPS) is 10.8. The molecule has 0 atom stereocenters. The number of thiophene rings is 1. The van der Waals surface area contributed by atoms with Crippen molar-refractivity contribution in [1.82, 2.24) is 10.1 Å². The molecule has 0 radical (unpaired) electrons. The number of hydrogen-bond donors (Lipinski definition) is 1. The fraction of sp³-hybridized carbons (Fsp3) is 0.0769. The highest BCUT2D eigenvalue weighted by Gasteiger charge is 2.13. The Morgan fingerprint density at radius 3 is 2.63 bits per heavy atom. The van der Waals surface area contributed by atoms with E-state index in [1.165, 1.54) is 16.2 Å². The monoisotopic (exact) mass is 289 g/mol. The number of nitrogens with two attached hydrogens (primary N) is 1. The average molecular weight is 289 g/mol. The molecule has 4 nitrogen and oxygen atoms in total. The van der Waals surface area contributed by atoms with Gasteiger partial charge in [0, 0.05) is 10.5 Å². The van der Waals surface area contributed by atoms with Crippen molar-refractivity contribution in [2.45, 2.75) is 4.90 Å². The Morgan fingerprint density at radius 1 is 1.21 bits per heavy atom. The summed E-state index contributed by atoms with van der Waals surface area (Å²) in [7, 11) is 0. The fourth-order valence-electron chi connectivity index (χ4n) is 1.69. The van der Waals surface area contributed by atoms with Crippen LogP contribution in [0.3, 0.4) is 0 Å². The van der Waals surface area contributed by atoms with Crippen LogP contribution in [0.15, 0.2) is 45.1 Å². The van der Waals surface area contributed by atoms with Crippen molar-refractivity contribution in [2.24, 2.45) is 0 Å². The minimum atomic E-state index is 0.461. The maximum Gasteiger partial charge on any atom is 0.261 e. The Labute approximate surface area is 118 Å². The molecule has 0 spiro atoms. The maximum absolute atomic E-state index is 5.85. The second-order valence-electron chi connectivity index (χ2n) is 3.85. The zero-order valence-electron chi connectivity index (χ0n) is 10.2. The van der Waals surface area contributed by atoms with E-state index in [-0.39, 0.29) is 0 Å². The summed E-state index contributed by atoms with van der Waals surface area (Å²) in [5, 5.41) is 6.59. The largest absolute Gasteiger partial charge is 0.390 e. The zero-order valence-corrected chi connectivity index (χ0v) is 11.8. The lowest BCUT2D eigenvalue weighted by Crippen LogP contribution is -1.84. The fourth-order valence-corrected chi connectivity index (χ4v) is 2.73. The SMILES string of the molecule is CSc1ccc(-c2noc(-c3ccsc3N)n2)cc1. The van der Waals surface area contributed by atoms with Crippen LogP contribution < -0.4 is 5.73 Å². The number of nitrogens with zero attached hydrogens (tertiary/aromatic N) is 2. The van der Waals surface area contributed by atoms with Crippen LogP contribution in [0.2, 0.25) is 0 Å². The molecule has 0 saturated heterocycles. The number of benzene rings is 1. The Bertz CT molecular complexity index is 688. The molecule has 3 aromatic rings. The smallest absolute Gasteiger partial charge is 0.261 e. The van der Waals surface area contributed by atoms with E-state index in [4.69, 9.17) is 10.3 Å². The quantitative estimate of drug-likeness (QED) is 0.743. The number of nitrogen functional groups attached to an aromatic ring is 1. The molecule has 0 aliphatic rings. The lowest BCUT2D eigenvalue weighted by molar-refractivity contribution is 0.432. The van der Waals surface area contributed by atoms with Crippen molar-refractivity contribution in [1.29, 1.82) is 0 Å². The molecule has 3 rings (SSSR count). The minimum Gasteiger partial charge on any atom is -0.390 e. The summed E-state index contributed by atoms with van der Waals surface area (Å²) in [5.74, 6) is 1.04. The van der Waals surface area contributed by atoms with Gasteiger partial charge in [0.1, 0.15) is 0 Å². The van der Waals surface area contributed by atoms with Crippen molar-refractivity contribution in [3.05, 3.63) is 35.7 Å². The van der Waals surface area contributed by atoms with E-state index in [1.807, 2.05) is 42.0 Å². The van der Waals surface area contributed by atoms with Gasteiger partial charge in [0.2, 0.25) is 5.82 Å². The summed E-state index contributed by atoms with van der Waals surface area (Å²) >= 11 is 3.15. The van der Waals surface area contributed by atoms with Gasteiger partial charge in [-0.05, 0) is 42.0 Å². The minimum absolute atomic E-state index is 0.461. The third-order valence-electron chi connectivity index (χ3n) is 2.70. The van der Waals surface area contributed by atoms with Crippen molar-refractivity contribution in [3.8, 4) is 22.8 Å². The third-order valence-corrected chi connectivity index (χ3v) is 4.19. The Hall–Kier alpha value is -1.79. The van der Waals surface area contributed by atoms with E-state index in [2.05, 4.69) is 10.1 Å². The Kier molecular flexibility index (Phi) is 3.27. The number of rotatable bonds is 3. The summed E-state index contributed by atoms with van der Waals surface area (Å²) in [6.45, 7) is 0. The maximum atomic E-state index is 5.85. The molecular formula is C13H11N3OS2. The van der Waals surface area contributed by atoms with Gasteiger partial charge in [-0.15, -0.1) is 23.1 Å². The molecular weight excluding hydrogens is 278 g/mol. The van der Waals surface area contributed by atoms with E-state index in [0.29, 0.717) is 16.7 Å². The molecule has 0 fully saturated rings. The Balaban J connectivity index is 1.94. The van der Waals surface area contributed by atoms with E-state index in [1.54, 1.807) is 11.8 Å². The first-order valence-corrected chi connectivity index (χ1v) is 7.70. The predicted octanol–water partition coefficient (Wildman–Crippen LogP) is 3.77. The van der Waals surface area contributed by atoms with E-state index in [0.717, 1.165) is 11.1 Å². The van der Waals surface area contributed by atoms with Crippen molar-refractivity contribution < 1.29 is 4.52 Å². The van der Waals surface area contributed by atoms with Crippen LogP contribution in [0.4, 0.5) is 5.00 Å². The number of aromatic nitrogens is 2. The van der Waals surface area contributed by atoms with Gasteiger partial charge in [-0.3, -0.25) is 0 Å². The molecule has 6 heteroatoms. The van der Waals surface area contributed by atoms with Crippen LogP contribution in [0.1, 0.15) is 0 Å². The molecule has 19 heavy (non-hydrogen) atoms. The van der Waals surface area contributed by atoms with Gasteiger partial charge in [0.25, 0.3) is 5.89 Å². The summed E-state index contributed by atoms with van der Waals surface area (Å²) in [4.78, 5) is 5.58. The molecule has 1 aromatic carbocycles. The van der Waals surface area contributed by atoms with Crippen LogP contribution in [0.5, 0.6) is 0 Å². The van der Waals surface area contributed by atoms with Gasteiger partial charge in [-0.1, -0.05) is 5.16 Å². The highest BCUT2D eigenvalue weighted by molar-refractivity contribution is 7.98. The Morgan fingerprint density at radius 2 is 2.00 bits per heavy atom. The van der Waals surface area contributed by atoms with Gasteiger partial charge >= 0.3 is 0 Å². The second kappa shape index (κ2) is 5.07. The highest BCUT2D eigenvalue weighted by atomic mass is 32.2. The molecule has 0 unspecified atom stereocenters. The van der Waals surface area contributed by atoms with Gasteiger partial charge in [0.05, 0.1) is 10.6 Å². The van der Waals surface area contributed by atoms with Gasteiger partial charge in [-0.2, -0.15) is 4.98 Å². The van der Waals surface area contributed by atoms with Crippen molar-refractivity contribution >= 4 is 28.1 Å². The number of thioether (sulfide) groups is 1. The standard InChI is InChI=1S/C13H11N3OS2/c1-18-9-4-2-8(3-5-9)12-15-13(17-16-12)10-6-7-19-11(10)14/h2-7H,14H2,1H3. The van der Waals surface area contributed by atoms with E-state index < -0.39 is 0 Å². The first kappa shape index (κ1) is 12.3. The summed E-state index contributed by atoms with van der Waals surface area (Å²) in [5.41, 5.74) is 7.57. The number of anilines is 1. The van der Waals surface area contributed by atoms with Crippen LogP contribution >= 0.6 is 23.1 Å². The van der Waals surface area contributed by atoms with E-state index >= 15 is 0 Å². The van der Waals surface area contributed by atoms with Crippen LogP contribution in [0, 0.1) is 0 Å². The lowest BCUT2D eigenvalue weighted by Gasteiger charge is -1.96. The van der Waals surface area contributed by atoms with Gasteiger partial charge in [-0.25, -0.2) is 0 Å². The summed E-state index contributed by atoms with van der Waals surface area (Å²) in [6.07, 6.45) is 2.04. The van der Waals surface area contributed by atoms with Gasteiger partial charge < -0.3 is 10.3 Å².